The van der Waals surface area contributed by atoms with Crippen molar-refractivity contribution in [2.24, 2.45) is 0 Å². The smallest absolute Gasteiger partial charge is 0.220 e. The van der Waals surface area contributed by atoms with Gasteiger partial charge in [-0.2, -0.15) is 0 Å². The van der Waals surface area contributed by atoms with Crippen LogP contribution in [0.2, 0.25) is 0 Å². The molecule has 77 heavy (non-hydrogen) atoms. The minimum absolute atomic E-state index is 0.0537. The monoisotopic (exact) mass is 1080 g/mol. The van der Waals surface area contributed by atoms with Crippen LogP contribution in [-0.4, -0.2) is 34.9 Å². The molecule has 0 aliphatic rings. The van der Waals surface area contributed by atoms with Gasteiger partial charge in [-0.3, -0.25) is 4.79 Å². The predicted octanol–water partition coefficient (Wildman–Crippen LogP) is 24.6. The zero-order valence-electron chi connectivity index (χ0n) is 53.0. The van der Waals surface area contributed by atoms with Gasteiger partial charge in [-0.25, -0.2) is 0 Å². The second kappa shape index (κ2) is 69.1. The van der Waals surface area contributed by atoms with Crippen LogP contribution in [0.4, 0.5) is 0 Å². The van der Waals surface area contributed by atoms with Gasteiger partial charge < -0.3 is 15.5 Å². The number of aliphatic hydroxyl groups is 2. The molecule has 0 saturated heterocycles. The molecular weight excluding hydrogens is 939 g/mol. The van der Waals surface area contributed by atoms with Crippen LogP contribution in [0.1, 0.15) is 418 Å². The highest BCUT2D eigenvalue weighted by Gasteiger charge is 2.18. The molecule has 0 radical (unpaired) electrons. The van der Waals surface area contributed by atoms with Gasteiger partial charge in [0.25, 0.3) is 0 Å². The first kappa shape index (κ1) is 75.9. The zero-order chi connectivity index (χ0) is 55.5. The quantitative estimate of drug-likeness (QED) is 0.0420. The van der Waals surface area contributed by atoms with E-state index in [2.05, 4.69) is 31.3 Å². The lowest BCUT2D eigenvalue weighted by Gasteiger charge is -2.20. The average Bonchev–Trinajstić information content (AvgIpc) is 3.43. The predicted molar refractivity (Wildman–Crippen MR) is 346 cm³/mol. The molecule has 0 saturated carbocycles. The van der Waals surface area contributed by atoms with Gasteiger partial charge in [0.05, 0.1) is 18.8 Å². The number of nitrogens with one attached hydrogen (secondary N) is 1. The standard InChI is InChI=1S/C73H143NO3/c1-3-5-7-9-11-13-15-17-19-21-23-25-27-29-31-32-33-34-35-36-37-38-39-40-41-42-43-45-47-49-51-53-55-57-59-61-63-65-67-69-73(77)74-71(70-75)72(76)68-66-64-62-60-58-56-54-52-50-48-46-44-30-28-26-24-22-20-18-16-14-12-10-8-6-4-2/h21,23,66,68,71-72,75-76H,3-20,22,24-65,67,69-70H2,1-2H3,(H,74,77)/b23-21-,68-66+. The Bertz CT molecular complexity index is 1140. The summed E-state index contributed by atoms with van der Waals surface area (Å²) in [4.78, 5) is 12.5. The number of hydrogen-bond acceptors (Lipinski definition) is 3. The first-order valence-corrected chi connectivity index (χ1v) is 36.1. The van der Waals surface area contributed by atoms with Gasteiger partial charge in [0.2, 0.25) is 5.91 Å². The second-order valence-corrected chi connectivity index (χ2v) is 25.0. The van der Waals surface area contributed by atoms with Crippen LogP contribution in [0, 0.1) is 0 Å². The van der Waals surface area contributed by atoms with E-state index in [9.17, 15) is 15.0 Å². The molecule has 0 heterocycles. The molecule has 1 amide bonds. The maximum Gasteiger partial charge on any atom is 0.220 e. The lowest BCUT2D eigenvalue weighted by molar-refractivity contribution is -0.123. The van der Waals surface area contributed by atoms with Crippen LogP contribution in [0.5, 0.6) is 0 Å². The highest BCUT2D eigenvalue weighted by Crippen LogP contribution is 2.19. The van der Waals surface area contributed by atoms with Gasteiger partial charge in [0, 0.05) is 6.42 Å². The fourth-order valence-corrected chi connectivity index (χ4v) is 11.7. The first-order chi connectivity index (χ1) is 38.2. The van der Waals surface area contributed by atoms with Crippen molar-refractivity contribution in [3.63, 3.8) is 0 Å². The summed E-state index contributed by atoms with van der Waals surface area (Å²) in [5, 5.41) is 23.3. The fourth-order valence-electron chi connectivity index (χ4n) is 11.7. The van der Waals surface area contributed by atoms with E-state index in [4.69, 9.17) is 0 Å². The summed E-state index contributed by atoms with van der Waals surface area (Å²) in [6, 6.07) is -0.621. The van der Waals surface area contributed by atoms with Crippen molar-refractivity contribution < 1.29 is 15.0 Å². The summed E-state index contributed by atoms with van der Waals surface area (Å²) in [7, 11) is 0. The van der Waals surface area contributed by atoms with Crippen LogP contribution in [0.15, 0.2) is 24.3 Å². The van der Waals surface area contributed by atoms with Crippen LogP contribution >= 0.6 is 0 Å². The van der Waals surface area contributed by atoms with Gasteiger partial charge in [-0.15, -0.1) is 0 Å². The first-order valence-electron chi connectivity index (χ1n) is 36.1. The molecule has 0 aromatic carbocycles. The second-order valence-electron chi connectivity index (χ2n) is 25.0. The van der Waals surface area contributed by atoms with Gasteiger partial charge >= 0.3 is 0 Å². The molecule has 4 nitrogen and oxygen atoms in total. The SMILES string of the molecule is CCCCCCCCCC/C=C\CCCCCCCCCCCCCCCCCCCCCCCCCCCCCC(=O)NC(CO)C(O)/C=C/CCCCCCCCCCCCCCCCCCCCCCCCCC. The lowest BCUT2D eigenvalue weighted by Crippen LogP contribution is -2.45. The number of amides is 1. The molecular formula is C73H143NO3. The number of carbonyl (C=O) groups is 1. The Hall–Kier alpha value is -1.13. The van der Waals surface area contributed by atoms with E-state index in [1.165, 1.54) is 372 Å². The number of carbonyl (C=O) groups excluding carboxylic acids is 1. The lowest BCUT2D eigenvalue weighted by atomic mass is 10.0. The van der Waals surface area contributed by atoms with Crippen LogP contribution in [-0.2, 0) is 4.79 Å². The van der Waals surface area contributed by atoms with Crippen molar-refractivity contribution in [1.82, 2.24) is 5.32 Å². The van der Waals surface area contributed by atoms with Crippen molar-refractivity contribution in [3.8, 4) is 0 Å². The maximum atomic E-state index is 12.5. The Labute approximate surface area is 485 Å². The Balaban J connectivity index is 3.38. The average molecular weight is 1080 g/mol. The zero-order valence-corrected chi connectivity index (χ0v) is 53.0. The summed E-state index contributed by atoms with van der Waals surface area (Å²) in [6.45, 7) is 4.36. The molecule has 0 aromatic heterocycles. The number of aliphatic hydroxyl groups excluding tert-OH is 2. The normalized spacial score (nSPS) is 12.7. The van der Waals surface area contributed by atoms with Crippen molar-refractivity contribution >= 4 is 5.91 Å². The largest absolute Gasteiger partial charge is 0.394 e. The van der Waals surface area contributed by atoms with Crippen LogP contribution in [0.3, 0.4) is 0 Å². The van der Waals surface area contributed by atoms with E-state index in [1.807, 2.05) is 6.08 Å². The Morgan fingerprint density at radius 3 is 0.714 bits per heavy atom. The van der Waals surface area contributed by atoms with Crippen molar-refractivity contribution in [2.45, 2.75) is 431 Å². The fraction of sp³-hybridized carbons (Fsp3) is 0.932. The van der Waals surface area contributed by atoms with E-state index >= 15 is 0 Å². The molecule has 0 fully saturated rings. The third-order valence-electron chi connectivity index (χ3n) is 17.2. The Kier molecular flexibility index (Phi) is 68.1. The van der Waals surface area contributed by atoms with E-state index in [1.54, 1.807) is 6.08 Å². The Morgan fingerprint density at radius 2 is 0.494 bits per heavy atom. The molecule has 0 spiro atoms. The molecule has 2 unspecified atom stereocenters. The van der Waals surface area contributed by atoms with Crippen LogP contribution in [0.25, 0.3) is 0 Å². The number of unbranched alkanes of at least 4 members (excludes halogenated alkanes) is 59. The summed E-state index contributed by atoms with van der Waals surface area (Å²) < 4.78 is 0. The summed E-state index contributed by atoms with van der Waals surface area (Å²) in [6.07, 6.45) is 94.3. The minimum atomic E-state index is -0.838. The van der Waals surface area contributed by atoms with E-state index in [-0.39, 0.29) is 12.5 Å². The van der Waals surface area contributed by atoms with Gasteiger partial charge in [-0.1, -0.05) is 391 Å². The summed E-state index contributed by atoms with van der Waals surface area (Å²) in [5.41, 5.74) is 0. The summed E-state index contributed by atoms with van der Waals surface area (Å²) in [5.74, 6) is -0.0537. The van der Waals surface area contributed by atoms with E-state index < -0.39 is 12.1 Å². The topological polar surface area (TPSA) is 69.6 Å². The van der Waals surface area contributed by atoms with E-state index in [0.717, 1.165) is 25.7 Å². The summed E-state index contributed by atoms with van der Waals surface area (Å²) >= 11 is 0. The number of rotatable bonds is 68. The van der Waals surface area contributed by atoms with E-state index in [0.29, 0.717) is 6.42 Å². The molecule has 0 aliphatic carbocycles. The molecule has 0 rings (SSSR count). The minimum Gasteiger partial charge on any atom is -0.394 e. The van der Waals surface area contributed by atoms with Crippen molar-refractivity contribution in [3.05, 3.63) is 24.3 Å². The number of allylic oxidation sites excluding steroid dienone is 3. The molecule has 0 aromatic rings. The third kappa shape index (κ3) is 65.6. The van der Waals surface area contributed by atoms with Gasteiger partial charge in [0.15, 0.2) is 0 Å². The molecule has 458 valence electrons. The molecule has 2 atom stereocenters. The van der Waals surface area contributed by atoms with Crippen molar-refractivity contribution in [2.75, 3.05) is 6.61 Å². The maximum absolute atomic E-state index is 12.5. The highest BCUT2D eigenvalue weighted by molar-refractivity contribution is 5.76. The van der Waals surface area contributed by atoms with Crippen molar-refractivity contribution in [1.29, 1.82) is 0 Å². The van der Waals surface area contributed by atoms with Gasteiger partial charge in [-0.05, 0) is 44.9 Å². The van der Waals surface area contributed by atoms with Gasteiger partial charge in [0.1, 0.15) is 0 Å². The molecule has 0 aliphatic heterocycles. The molecule has 0 bridgehead atoms. The highest BCUT2D eigenvalue weighted by atomic mass is 16.3. The number of hydrogen-bond donors (Lipinski definition) is 3. The molecule has 4 heteroatoms. The Morgan fingerprint density at radius 1 is 0.299 bits per heavy atom. The van der Waals surface area contributed by atoms with Crippen LogP contribution < -0.4 is 5.32 Å². The third-order valence-corrected chi connectivity index (χ3v) is 17.2. The molecule has 3 N–H and O–H groups in total.